The highest BCUT2D eigenvalue weighted by Gasteiger charge is 2.29. The first-order valence-corrected chi connectivity index (χ1v) is 12.6. The largest absolute Gasteiger partial charge is 0.484 e. The molecule has 2 fully saturated rings. The maximum atomic E-state index is 12.7. The van der Waals surface area contributed by atoms with Gasteiger partial charge in [-0.3, -0.25) is 14.5 Å². The zero-order chi connectivity index (χ0) is 23.9. The Morgan fingerprint density at radius 2 is 1.56 bits per heavy atom. The van der Waals surface area contributed by atoms with E-state index in [0.29, 0.717) is 11.3 Å². The number of piperidine rings is 2. The van der Waals surface area contributed by atoms with Crippen molar-refractivity contribution in [2.75, 3.05) is 19.7 Å². The molecule has 6 nitrogen and oxygen atoms in total. The Balaban J connectivity index is 1.21. The minimum atomic E-state index is -0.0555. The highest BCUT2D eigenvalue weighted by molar-refractivity contribution is 5.94. The highest BCUT2D eigenvalue weighted by Crippen LogP contribution is 2.23. The first kappa shape index (κ1) is 24.3. The lowest BCUT2D eigenvalue weighted by atomic mass is 9.97. The topological polar surface area (TPSA) is 61.9 Å². The third kappa shape index (κ3) is 6.38. The van der Waals surface area contributed by atoms with E-state index < -0.39 is 0 Å². The summed E-state index contributed by atoms with van der Waals surface area (Å²) in [7, 11) is 0. The molecule has 2 heterocycles. The van der Waals surface area contributed by atoms with Gasteiger partial charge >= 0.3 is 0 Å². The van der Waals surface area contributed by atoms with Gasteiger partial charge in [-0.05, 0) is 75.8 Å². The lowest BCUT2D eigenvalue weighted by Crippen LogP contribution is -2.49. The number of nitrogens with one attached hydrogen (secondary N) is 1. The predicted octanol–water partition coefficient (Wildman–Crippen LogP) is 4.25. The number of nitrogens with zero attached hydrogens (tertiary/aromatic N) is 2. The summed E-state index contributed by atoms with van der Waals surface area (Å²) in [6.45, 7) is 7.16. The van der Waals surface area contributed by atoms with Gasteiger partial charge < -0.3 is 15.0 Å². The van der Waals surface area contributed by atoms with E-state index in [0.717, 1.165) is 45.3 Å². The van der Waals surface area contributed by atoms with Gasteiger partial charge in [-0.1, -0.05) is 30.3 Å². The SMILES string of the molecule is C[C@H]1CCC[C@H](C)N1C(=O)COc1ccc(C(=O)NC2CCN(Cc3ccccc3)CC2)cc1. The molecule has 0 spiro atoms. The van der Waals surface area contributed by atoms with Crippen molar-refractivity contribution in [3.63, 3.8) is 0 Å². The Labute approximate surface area is 203 Å². The summed E-state index contributed by atoms with van der Waals surface area (Å²) in [6.07, 6.45) is 5.17. The second-order valence-corrected chi connectivity index (χ2v) is 9.75. The molecule has 2 amide bonds. The minimum absolute atomic E-state index is 0.0279. The zero-order valence-electron chi connectivity index (χ0n) is 20.4. The van der Waals surface area contributed by atoms with E-state index in [1.165, 1.54) is 12.0 Å². The van der Waals surface area contributed by atoms with Gasteiger partial charge in [-0.15, -0.1) is 0 Å². The van der Waals surface area contributed by atoms with Crippen molar-refractivity contribution >= 4 is 11.8 Å². The van der Waals surface area contributed by atoms with Crippen LogP contribution in [0.1, 0.15) is 61.9 Å². The van der Waals surface area contributed by atoms with Gasteiger partial charge in [0.1, 0.15) is 5.75 Å². The fourth-order valence-electron chi connectivity index (χ4n) is 5.18. The molecule has 2 atom stereocenters. The number of rotatable bonds is 7. The van der Waals surface area contributed by atoms with Crippen molar-refractivity contribution in [1.82, 2.24) is 15.1 Å². The number of ether oxygens (including phenoxy) is 1. The molecule has 2 aromatic carbocycles. The molecule has 2 saturated heterocycles. The van der Waals surface area contributed by atoms with Crippen molar-refractivity contribution < 1.29 is 14.3 Å². The van der Waals surface area contributed by atoms with Crippen LogP contribution in [-0.2, 0) is 11.3 Å². The van der Waals surface area contributed by atoms with E-state index in [9.17, 15) is 9.59 Å². The van der Waals surface area contributed by atoms with Crippen LogP contribution in [0.4, 0.5) is 0 Å². The molecule has 2 aliphatic heterocycles. The third-order valence-electron chi connectivity index (χ3n) is 7.13. The van der Waals surface area contributed by atoms with Crippen molar-refractivity contribution in [3.8, 4) is 5.75 Å². The molecule has 4 rings (SSSR count). The first-order chi connectivity index (χ1) is 16.5. The van der Waals surface area contributed by atoms with Gasteiger partial charge in [0, 0.05) is 43.3 Å². The number of carbonyl (C=O) groups excluding carboxylic acids is 2. The average molecular weight is 464 g/mol. The molecule has 2 aromatic rings. The lowest BCUT2D eigenvalue weighted by molar-refractivity contribution is -0.139. The number of hydrogen-bond acceptors (Lipinski definition) is 4. The van der Waals surface area contributed by atoms with Crippen LogP contribution in [0.15, 0.2) is 54.6 Å². The summed E-state index contributed by atoms with van der Waals surface area (Å²) in [5.41, 5.74) is 1.94. The van der Waals surface area contributed by atoms with E-state index in [-0.39, 0.29) is 36.5 Å². The molecule has 6 heteroatoms. The summed E-state index contributed by atoms with van der Waals surface area (Å²) in [5, 5.41) is 3.17. The third-order valence-corrected chi connectivity index (χ3v) is 7.13. The van der Waals surface area contributed by atoms with E-state index >= 15 is 0 Å². The quantitative estimate of drug-likeness (QED) is 0.667. The zero-order valence-corrected chi connectivity index (χ0v) is 20.4. The van der Waals surface area contributed by atoms with Crippen molar-refractivity contribution in [3.05, 3.63) is 65.7 Å². The Hall–Kier alpha value is -2.86. The van der Waals surface area contributed by atoms with Crippen molar-refractivity contribution in [2.24, 2.45) is 0 Å². The lowest BCUT2D eigenvalue weighted by Gasteiger charge is -2.38. The summed E-state index contributed by atoms with van der Waals surface area (Å²) in [5.74, 6) is 0.580. The van der Waals surface area contributed by atoms with Gasteiger partial charge in [-0.2, -0.15) is 0 Å². The Morgan fingerprint density at radius 1 is 0.912 bits per heavy atom. The second-order valence-electron chi connectivity index (χ2n) is 9.75. The van der Waals surface area contributed by atoms with Gasteiger partial charge in [0.05, 0.1) is 0 Å². The fraction of sp³-hybridized carbons (Fsp3) is 0.500. The first-order valence-electron chi connectivity index (χ1n) is 12.6. The standard InChI is InChI=1S/C28H37N3O3/c1-21-7-6-8-22(2)31(21)27(32)20-34-26-13-11-24(12-14-26)28(33)29-25-15-17-30(18-16-25)19-23-9-4-3-5-10-23/h3-5,9-14,21-22,25H,6-8,15-20H2,1-2H3,(H,29,33)/t21-,22-/m0/s1. The Kier molecular flexibility index (Phi) is 8.22. The van der Waals surface area contributed by atoms with Crippen LogP contribution in [0.5, 0.6) is 5.75 Å². The molecule has 34 heavy (non-hydrogen) atoms. The summed E-state index contributed by atoms with van der Waals surface area (Å²) in [6, 6.07) is 18.3. The summed E-state index contributed by atoms with van der Waals surface area (Å²) >= 11 is 0. The van der Waals surface area contributed by atoms with Crippen LogP contribution in [-0.4, -0.2) is 59.4 Å². The monoisotopic (exact) mass is 463 g/mol. The normalized spacial score (nSPS) is 21.8. The van der Waals surface area contributed by atoms with Gasteiger partial charge in [0.15, 0.2) is 6.61 Å². The van der Waals surface area contributed by atoms with E-state index in [4.69, 9.17) is 4.74 Å². The van der Waals surface area contributed by atoms with Crippen molar-refractivity contribution in [2.45, 2.75) is 70.6 Å². The van der Waals surface area contributed by atoms with Gasteiger partial charge in [0.2, 0.25) is 0 Å². The molecule has 1 N–H and O–H groups in total. The van der Waals surface area contributed by atoms with Crippen LogP contribution in [0.3, 0.4) is 0 Å². The van der Waals surface area contributed by atoms with Crippen LogP contribution < -0.4 is 10.1 Å². The number of benzene rings is 2. The highest BCUT2D eigenvalue weighted by atomic mass is 16.5. The molecule has 0 aromatic heterocycles. The van der Waals surface area contributed by atoms with Gasteiger partial charge in [0.25, 0.3) is 11.8 Å². The number of carbonyl (C=O) groups is 2. The Morgan fingerprint density at radius 3 is 2.21 bits per heavy atom. The number of hydrogen-bond donors (Lipinski definition) is 1. The smallest absolute Gasteiger partial charge is 0.260 e. The molecule has 2 aliphatic rings. The van der Waals surface area contributed by atoms with Gasteiger partial charge in [-0.25, -0.2) is 0 Å². The van der Waals surface area contributed by atoms with E-state index in [1.807, 2.05) is 11.0 Å². The van der Waals surface area contributed by atoms with Crippen LogP contribution in [0, 0.1) is 0 Å². The Bertz CT molecular complexity index is 929. The van der Waals surface area contributed by atoms with Crippen LogP contribution in [0.25, 0.3) is 0 Å². The molecule has 0 unspecified atom stereocenters. The molecule has 182 valence electrons. The molecular formula is C28H37N3O3. The fourth-order valence-corrected chi connectivity index (χ4v) is 5.18. The molecule has 0 bridgehead atoms. The van der Waals surface area contributed by atoms with Crippen molar-refractivity contribution in [1.29, 1.82) is 0 Å². The minimum Gasteiger partial charge on any atom is -0.484 e. The summed E-state index contributed by atoms with van der Waals surface area (Å²) < 4.78 is 5.73. The molecule has 0 saturated carbocycles. The maximum absolute atomic E-state index is 12.7. The second kappa shape index (κ2) is 11.5. The van der Waals surface area contributed by atoms with E-state index in [2.05, 4.69) is 48.3 Å². The average Bonchev–Trinajstić information content (AvgIpc) is 2.85. The van der Waals surface area contributed by atoms with Crippen LogP contribution in [0.2, 0.25) is 0 Å². The van der Waals surface area contributed by atoms with Crippen LogP contribution >= 0.6 is 0 Å². The number of amides is 2. The molecular weight excluding hydrogens is 426 g/mol. The number of likely N-dealkylation sites (tertiary alicyclic amines) is 2. The molecule has 0 aliphatic carbocycles. The van der Waals surface area contributed by atoms with E-state index in [1.54, 1.807) is 24.3 Å². The molecule has 0 radical (unpaired) electrons. The maximum Gasteiger partial charge on any atom is 0.260 e. The summed E-state index contributed by atoms with van der Waals surface area (Å²) in [4.78, 5) is 29.8. The predicted molar refractivity (Wildman–Crippen MR) is 134 cm³/mol.